The number of aliphatic imine (C=N–C) groups is 1. The second-order valence-corrected chi connectivity index (χ2v) is 5.89. The molecule has 0 aromatic heterocycles. The Morgan fingerprint density at radius 3 is 2.68 bits per heavy atom. The van der Waals surface area contributed by atoms with Gasteiger partial charge >= 0.3 is 0 Å². The number of nitrogens with zero attached hydrogens (tertiary/aromatic N) is 1. The first-order chi connectivity index (χ1) is 10.8. The number of hydrogen-bond donors (Lipinski definition) is 2. The molecule has 4 nitrogen and oxygen atoms in total. The molecule has 0 radical (unpaired) electrons. The number of hydrogen-bond acceptors (Lipinski definition) is 2. The molecular weight excluding hydrogens is 274 g/mol. The van der Waals surface area contributed by atoms with Crippen molar-refractivity contribution in [2.24, 2.45) is 10.9 Å². The van der Waals surface area contributed by atoms with Crippen molar-refractivity contribution >= 4 is 5.96 Å². The lowest BCUT2D eigenvalue weighted by molar-refractivity contribution is 0.414. The van der Waals surface area contributed by atoms with Crippen LogP contribution in [0.4, 0.5) is 0 Å². The van der Waals surface area contributed by atoms with E-state index in [1.54, 1.807) is 7.11 Å². The second kappa shape index (κ2) is 8.66. The van der Waals surface area contributed by atoms with E-state index >= 15 is 0 Å². The number of benzene rings is 1. The van der Waals surface area contributed by atoms with Gasteiger partial charge in [0.25, 0.3) is 0 Å². The van der Waals surface area contributed by atoms with Crippen LogP contribution < -0.4 is 15.4 Å². The van der Waals surface area contributed by atoms with Crippen LogP contribution in [0.15, 0.2) is 29.3 Å². The molecule has 2 rings (SSSR count). The van der Waals surface area contributed by atoms with Gasteiger partial charge in [-0.15, -0.1) is 0 Å². The molecule has 2 unspecified atom stereocenters. The monoisotopic (exact) mass is 303 g/mol. The zero-order chi connectivity index (χ0) is 15.8. The van der Waals surface area contributed by atoms with E-state index in [2.05, 4.69) is 41.6 Å². The van der Waals surface area contributed by atoms with E-state index in [4.69, 9.17) is 4.74 Å². The molecule has 1 fully saturated rings. The molecule has 2 atom stereocenters. The molecule has 4 heteroatoms. The molecule has 0 aliphatic heterocycles. The summed E-state index contributed by atoms with van der Waals surface area (Å²) in [5, 5.41) is 6.89. The Kier molecular flexibility index (Phi) is 6.56. The lowest BCUT2D eigenvalue weighted by atomic mass is 10.1. The third-order valence-electron chi connectivity index (χ3n) is 4.08. The van der Waals surface area contributed by atoms with Crippen LogP contribution in [-0.2, 0) is 6.42 Å². The topological polar surface area (TPSA) is 45.7 Å². The lowest BCUT2D eigenvalue weighted by Gasteiger charge is -2.11. The van der Waals surface area contributed by atoms with Crippen LogP contribution in [0.5, 0.6) is 5.75 Å². The summed E-state index contributed by atoms with van der Waals surface area (Å²) < 4.78 is 5.18. The van der Waals surface area contributed by atoms with Gasteiger partial charge in [-0.3, -0.25) is 4.99 Å². The number of ether oxygens (including phenoxy) is 1. The van der Waals surface area contributed by atoms with Crippen LogP contribution in [0.1, 0.15) is 38.7 Å². The molecule has 0 heterocycles. The van der Waals surface area contributed by atoms with Gasteiger partial charge in [0.05, 0.1) is 7.11 Å². The highest BCUT2D eigenvalue weighted by Crippen LogP contribution is 2.34. The van der Waals surface area contributed by atoms with E-state index in [0.717, 1.165) is 37.1 Å². The third kappa shape index (κ3) is 5.24. The van der Waals surface area contributed by atoms with E-state index in [9.17, 15) is 0 Å². The van der Waals surface area contributed by atoms with Crippen molar-refractivity contribution in [3.8, 4) is 5.75 Å². The molecule has 22 heavy (non-hydrogen) atoms. The van der Waals surface area contributed by atoms with Gasteiger partial charge < -0.3 is 15.4 Å². The Balaban J connectivity index is 1.79. The highest BCUT2D eigenvalue weighted by molar-refractivity contribution is 5.80. The van der Waals surface area contributed by atoms with Crippen LogP contribution in [-0.4, -0.2) is 32.2 Å². The van der Waals surface area contributed by atoms with Gasteiger partial charge in [-0.1, -0.05) is 25.5 Å². The van der Waals surface area contributed by atoms with Crippen molar-refractivity contribution in [1.29, 1.82) is 0 Å². The highest BCUT2D eigenvalue weighted by Gasteiger charge is 2.36. The zero-order valence-corrected chi connectivity index (χ0v) is 14.1. The van der Waals surface area contributed by atoms with Crippen LogP contribution in [0.25, 0.3) is 0 Å². The average Bonchev–Trinajstić information content (AvgIpc) is 3.26. The zero-order valence-electron chi connectivity index (χ0n) is 14.1. The lowest BCUT2D eigenvalue weighted by Crippen LogP contribution is -2.39. The Labute approximate surface area is 134 Å². The average molecular weight is 303 g/mol. The maximum Gasteiger partial charge on any atom is 0.191 e. The summed E-state index contributed by atoms with van der Waals surface area (Å²) in [6.07, 6.45) is 4.83. The third-order valence-corrected chi connectivity index (χ3v) is 4.08. The Morgan fingerprint density at radius 1 is 1.27 bits per heavy atom. The van der Waals surface area contributed by atoms with Crippen LogP contribution in [0, 0.1) is 5.92 Å². The van der Waals surface area contributed by atoms with Crippen molar-refractivity contribution in [3.05, 3.63) is 29.8 Å². The van der Waals surface area contributed by atoms with E-state index < -0.39 is 0 Å². The van der Waals surface area contributed by atoms with Crippen molar-refractivity contribution in [2.45, 2.75) is 45.6 Å². The standard InChI is InChI=1S/C18H29N3O/c1-4-6-15-13-17(15)21-18(19-5-2)20-12-11-14-7-9-16(22-3)10-8-14/h7-10,15,17H,4-6,11-13H2,1-3H3,(H2,19,20,21). The summed E-state index contributed by atoms with van der Waals surface area (Å²) in [6.45, 7) is 6.06. The fourth-order valence-electron chi connectivity index (χ4n) is 2.70. The smallest absolute Gasteiger partial charge is 0.191 e. The molecule has 0 saturated heterocycles. The van der Waals surface area contributed by atoms with Gasteiger partial charge in [-0.2, -0.15) is 0 Å². The van der Waals surface area contributed by atoms with Crippen molar-refractivity contribution in [3.63, 3.8) is 0 Å². The van der Waals surface area contributed by atoms with E-state index in [0.29, 0.717) is 6.04 Å². The van der Waals surface area contributed by atoms with Crippen LogP contribution in [0.3, 0.4) is 0 Å². The first-order valence-electron chi connectivity index (χ1n) is 8.44. The molecule has 1 aliphatic rings. The number of guanidine groups is 1. The van der Waals surface area contributed by atoms with Crippen molar-refractivity contribution in [1.82, 2.24) is 10.6 Å². The minimum Gasteiger partial charge on any atom is -0.497 e. The SMILES string of the molecule is CCCC1CC1NC(=NCCc1ccc(OC)cc1)NCC. The first kappa shape index (κ1) is 16.7. The number of nitrogens with one attached hydrogen (secondary N) is 2. The predicted octanol–water partition coefficient (Wildman–Crippen LogP) is 2.98. The molecule has 0 bridgehead atoms. The minimum atomic E-state index is 0.624. The predicted molar refractivity (Wildman–Crippen MR) is 92.6 cm³/mol. The summed E-state index contributed by atoms with van der Waals surface area (Å²) in [5.74, 6) is 2.70. The number of methoxy groups -OCH3 is 1. The first-order valence-corrected chi connectivity index (χ1v) is 8.44. The molecule has 2 N–H and O–H groups in total. The van der Waals surface area contributed by atoms with Crippen LogP contribution in [0.2, 0.25) is 0 Å². The van der Waals surface area contributed by atoms with Crippen molar-refractivity contribution in [2.75, 3.05) is 20.2 Å². The Hall–Kier alpha value is -1.71. The van der Waals surface area contributed by atoms with Gasteiger partial charge in [0.15, 0.2) is 5.96 Å². The molecule has 122 valence electrons. The molecule has 1 aromatic rings. The van der Waals surface area contributed by atoms with Crippen molar-refractivity contribution < 1.29 is 4.74 Å². The maximum absolute atomic E-state index is 5.18. The molecule has 1 aromatic carbocycles. The van der Waals surface area contributed by atoms with Gasteiger partial charge in [0, 0.05) is 19.1 Å². The molecule has 0 spiro atoms. The van der Waals surface area contributed by atoms with Gasteiger partial charge in [0.1, 0.15) is 5.75 Å². The molecule has 1 saturated carbocycles. The second-order valence-electron chi connectivity index (χ2n) is 5.89. The fourth-order valence-corrected chi connectivity index (χ4v) is 2.70. The van der Waals surface area contributed by atoms with E-state index in [-0.39, 0.29) is 0 Å². The maximum atomic E-state index is 5.18. The summed E-state index contributed by atoms with van der Waals surface area (Å²) >= 11 is 0. The van der Waals surface area contributed by atoms with Gasteiger partial charge in [0.2, 0.25) is 0 Å². The fraction of sp³-hybridized carbons (Fsp3) is 0.611. The molecule has 0 amide bonds. The summed E-state index contributed by atoms with van der Waals surface area (Å²) in [4.78, 5) is 4.69. The summed E-state index contributed by atoms with van der Waals surface area (Å²) in [6, 6.07) is 8.84. The largest absolute Gasteiger partial charge is 0.497 e. The normalized spacial score (nSPS) is 20.6. The Bertz CT molecular complexity index is 470. The van der Waals surface area contributed by atoms with Crippen LogP contribution >= 0.6 is 0 Å². The van der Waals surface area contributed by atoms with E-state index in [1.807, 2.05) is 12.1 Å². The summed E-state index contributed by atoms with van der Waals surface area (Å²) in [7, 11) is 1.69. The van der Waals surface area contributed by atoms with E-state index in [1.165, 1.54) is 24.8 Å². The summed E-state index contributed by atoms with van der Waals surface area (Å²) in [5.41, 5.74) is 1.29. The Morgan fingerprint density at radius 2 is 2.05 bits per heavy atom. The minimum absolute atomic E-state index is 0.624. The quantitative estimate of drug-likeness (QED) is 0.573. The molecular formula is C18H29N3O. The molecule has 1 aliphatic carbocycles. The number of rotatable bonds is 8. The van der Waals surface area contributed by atoms with Gasteiger partial charge in [-0.25, -0.2) is 0 Å². The van der Waals surface area contributed by atoms with Gasteiger partial charge in [-0.05, 0) is 49.8 Å². The highest BCUT2D eigenvalue weighted by atomic mass is 16.5.